The maximum Gasteiger partial charge on any atom is 0.306 e. The van der Waals surface area contributed by atoms with Crippen molar-refractivity contribution in [2.45, 2.75) is 6.92 Å². The van der Waals surface area contributed by atoms with Gasteiger partial charge >= 0.3 is 6.08 Å². The van der Waals surface area contributed by atoms with Crippen molar-refractivity contribution in [3.8, 4) is 11.1 Å². The summed E-state index contributed by atoms with van der Waals surface area (Å²) in [6.45, 7) is 1.73. The van der Waals surface area contributed by atoms with Gasteiger partial charge in [-0.2, -0.15) is 8.78 Å². The maximum absolute atomic E-state index is 13.5. The molecule has 0 bridgehead atoms. The third-order valence-corrected chi connectivity index (χ3v) is 3.80. The van der Waals surface area contributed by atoms with Gasteiger partial charge in [0.1, 0.15) is 4.34 Å². The van der Waals surface area contributed by atoms with Gasteiger partial charge in [0.2, 0.25) is 0 Å². The highest BCUT2D eigenvalue weighted by atomic mass is 35.5. The third-order valence-electron chi connectivity index (χ3n) is 2.49. The van der Waals surface area contributed by atoms with E-state index in [4.69, 9.17) is 11.6 Å². The zero-order valence-electron chi connectivity index (χ0n) is 9.31. The molecule has 0 aliphatic carbocycles. The second kappa shape index (κ2) is 5.16. The van der Waals surface area contributed by atoms with Crippen molar-refractivity contribution in [2.24, 2.45) is 0 Å². The van der Waals surface area contributed by atoms with Crippen LogP contribution in [0.5, 0.6) is 0 Å². The highest BCUT2D eigenvalue weighted by Gasteiger charge is 2.22. The Hall–Kier alpha value is -1.26. The van der Waals surface area contributed by atoms with Crippen LogP contribution in [0.2, 0.25) is 4.34 Å². The summed E-state index contributed by atoms with van der Waals surface area (Å²) < 4.78 is 38.5. The molecule has 94 valence electrons. The fourth-order valence-electron chi connectivity index (χ4n) is 1.75. The van der Waals surface area contributed by atoms with Gasteiger partial charge < -0.3 is 0 Å². The lowest BCUT2D eigenvalue weighted by atomic mass is 10.0. The summed E-state index contributed by atoms with van der Waals surface area (Å²) in [7, 11) is 0. The number of aryl methyl sites for hydroxylation is 1. The van der Waals surface area contributed by atoms with Crippen LogP contribution in [0.1, 0.15) is 10.4 Å². The molecule has 18 heavy (non-hydrogen) atoms. The summed E-state index contributed by atoms with van der Waals surface area (Å²) in [6.07, 6.45) is -2.35. The Morgan fingerprint density at radius 3 is 2.28 bits per heavy atom. The van der Waals surface area contributed by atoms with Gasteiger partial charge in [-0.25, -0.2) is 4.39 Å². The van der Waals surface area contributed by atoms with Crippen LogP contribution < -0.4 is 0 Å². The highest BCUT2D eigenvalue weighted by molar-refractivity contribution is 7.17. The molecule has 0 unspecified atom stereocenters. The summed E-state index contributed by atoms with van der Waals surface area (Å²) >= 11 is 6.94. The average molecular weight is 289 g/mol. The fourth-order valence-corrected chi connectivity index (χ4v) is 3.16. The molecule has 2 rings (SSSR count). The topological polar surface area (TPSA) is 0 Å². The first-order chi connectivity index (χ1) is 8.52. The van der Waals surface area contributed by atoms with Crippen molar-refractivity contribution >= 4 is 28.8 Å². The van der Waals surface area contributed by atoms with Gasteiger partial charge in [0.05, 0.1) is 5.56 Å². The Kier molecular flexibility index (Phi) is 3.78. The molecule has 0 aliphatic rings. The Labute approximate surface area is 111 Å². The van der Waals surface area contributed by atoms with E-state index in [1.165, 1.54) is 0 Å². The van der Waals surface area contributed by atoms with Crippen molar-refractivity contribution in [1.82, 2.24) is 0 Å². The van der Waals surface area contributed by atoms with Crippen molar-refractivity contribution < 1.29 is 13.2 Å². The molecule has 1 aromatic carbocycles. The van der Waals surface area contributed by atoms with Gasteiger partial charge in [-0.15, -0.1) is 11.3 Å². The van der Waals surface area contributed by atoms with E-state index in [9.17, 15) is 13.2 Å². The number of halogens is 4. The first-order valence-corrected chi connectivity index (χ1v) is 6.27. The SMILES string of the molecule is Cc1sc(Cl)c(C(F)=C(F)F)c1-c1ccccc1. The van der Waals surface area contributed by atoms with Gasteiger partial charge in [0, 0.05) is 10.4 Å². The molecule has 0 saturated heterocycles. The van der Waals surface area contributed by atoms with E-state index in [-0.39, 0.29) is 9.90 Å². The number of hydrogen-bond acceptors (Lipinski definition) is 1. The van der Waals surface area contributed by atoms with Gasteiger partial charge in [0.15, 0.2) is 5.83 Å². The molecule has 5 heteroatoms. The zero-order valence-corrected chi connectivity index (χ0v) is 10.9. The molecule has 0 atom stereocenters. The molecular formula is C13H8ClF3S. The number of thiophene rings is 1. The van der Waals surface area contributed by atoms with Crippen LogP contribution in [-0.4, -0.2) is 0 Å². The number of benzene rings is 1. The predicted octanol–water partition coefficient (Wildman–Crippen LogP) is 5.91. The Morgan fingerprint density at radius 1 is 1.11 bits per heavy atom. The van der Waals surface area contributed by atoms with Crippen LogP contribution in [0, 0.1) is 6.92 Å². The van der Waals surface area contributed by atoms with E-state index < -0.39 is 11.9 Å². The molecule has 0 aliphatic heterocycles. The summed E-state index contributed by atoms with van der Waals surface area (Å²) in [5.74, 6) is -1.55. The second-order valence-electron chi connectivity index (χ2n) is 3.62. The van der Waals surface area contributed by atoms with Gasteiger partial charge in [-0.3, -0.25) is 0 Å². The smallest absolute Gasteiger partial charge is 0.200 e. The van der Waals surface area contributed by atoms with E-state index in [0.717, 1.165) is 11.3 Å². The molecule has 0 fully saturated rings. The lowest BCUT2D eigenvalue weighted by Gasteiger charge is -2.04. The lowest BCUT2D eigenvalue weighted by molar-refractivity contribution is 0.410. The van der Waals surface area contributed by atoms with Gasteiger partial charge in [-0.05, 0) is 12.5 Å². The standard InChI is InChI=1S/C13H8ClF3S/c1-7-9(8-5-3-2-4-6-8)10(12(14)18-7)11(15)13(16)17/h2-6H,1H3. The zero-order chi connectivity index (χ0) is 13.3. The van der Waals surface area contributed by atoms with Crippen LogP contribution in [0.4, 0.5) is 13.2 Å². The first kappa shape index (κ1) is 13.2. The van der Waals surface area contributed by atoms with Crippen LogP contribution in [0.15, 0.2) is 36.4 Å². The molecule has 1 aromatic heterocycles. The van der Waals surface area contributed by atoms with E-state index in [1.807, 2.05) is 0 Å². The normalized spacial score (nSPS) is 10.5. The Morgan fingerprint density at radius 2 is 1.72 bits per heavy atom. The molecule has 0 nitrogen and oxygen atoms in total. The van der Waals surface area contributed by atoms with Crippen LogP contribution in [0.25, 0.3) is 17.0 Å². The van der Waals surface area contributed by atoms with Crippen molar-refractivity contribution in [3.63, 3.8) is 0 Å². The fraction of sp³-hybridized carbons (Fsp3) is 0.0769. The average Bonchev–Trinajstić information content (AvgIpc) is 2.64. The molecule has 0 amide bonds. The predicted molar refractivity (Wildman–Crippen MR) is 69.7 cm³/mol. The van der Waals surface area contributed by atoms with Crippen molar-refractivity contribution in [2.75, 3.05) is 0 Å². The summed E-state index contributed by atoms with van der Waals surface area (Å²) in [6, 6.07) is 8.79. The minimum absolute atomic E-state index is 0.0386. The first-order valence-electron chi connectivity index (χ1n) is 5.07. The molecule has 0 saturated carbocycles. The van der Waals surface area contributed by atoms with Crippen molar-refractivity contribution in [3.05, 3.63) is 51.2 Å². The third kappa shape index (κ3) is 2.31. The van der Waals surface area contributed by atoms with E-state index in [2.05, 4.69) is 0 Å². The van der Waals surface area contributed by atoms with E-state index in [0.29, 0.717) is 16.0 Å². The summed E-state index contributed by atoms with van der Waals surface area (Å²) in [4.78, 5) is 0.706. The molecule has 0 spiro atoms. The molecule has 0 N–H and O–H groups in total. The molecular weight excluding hydrogens is 281 g/mol. The van der Waals surface area contributed by atoms with Crippen LogP contribution in [0.3, 0.4) is 0 Å². The number of hydrogen-bond donors (Lipinski definition) is 0. The number of rotatable bonds is 2. The monoisotopic (exact) mass is 288 g/mol. The minimum atomic E-state index is -2.35. The van der Waals surface area contributed by atoms with E-state index in [1.54, 1.807) is 37.3 Å². The largest absolute Gasteiger partial charge is 0.306 e. The molecule has 2 aromatic rings. The van der Waals surface area contributed by atoms with E-state index >= 15 is 0 Å². The maximum atomic E-state index is 13.5. The summed E-state index contributed by atoms with van der Waals surface area (Å²) in [5.41, 5.74) is 0.880. The van der Waals surface area contributed by atoms with Crippen molar-refractivity contribution in [1.29, 1.82) is 0 Å². The molecule has 0 radical (unpaired) electrons. The minimum Gasteiger partial charge on any atom is -0.200 e. The van der Waals surface area contributed by atoms with Crippen LogP contribution >= 0.6 is 22.9 Å². The summed E-state index contributed by atoms with van der Waals surface area (Å²) in [5, 5.41) is 0. The van der Waals surface area contributed by atoms with Gasteiger partial charge in [-0.1, -0.05) is 41.9 Å². The molecule has 1 heterocycles. The van der Waals surface area contributed by atoms with Crippen LogP contribution in [-0.2, 0) is 0 Å². The highest BCUT2D eigenvalue weighted by Crippen LogP contribution is 2.44. The Balaban J connectivity index is 2.73. The lowest BCUT2D eigenvalue weighted by Crippen LogP contribution is -1.85. The Bertz CT molecular complexity index is 598. The van der Waals surface area contributed by atoms with Gasteiger partial charge in [0.25, 0.3) is 0 Å². The second-order valence-corrected chi connectivity index (χ2v) is 5.45. The quantitative estimate of drug-likeness (QED) is 0.644.